The summed E-state index contributed by atoms with van der Waals surface area (Å²) in [5.41, 5.74) is -1.83. The monoisotopic (exact) mass is 308 g/mol. The van der Waals surface area contributed by atoms with E-state index in [1.165, 1.54) is 12.3 Å². The second-order valence-corrected chi connectivity index (χ2v) is 4.40. The van der Waals surface area contributed by atoms with Crippen molar-refractivity contribution in [2.45, 2.75) is 12.7 Å². The van der Waals surface area contributed by atoms with Gasteiger partial charge in [0.05, 0.1) is 18.2 Å². The number of nitrogens with zero attached hydrogens (tertiary/aromatic N) is 2. The van der Waals surface area contributed by atoms with E-state index in [0.717, 1.165) is 10.6 Å². The van der Waals surface area contributed by atoms with Crippen molar-refractivity contribution in [3.8, 4) is 11.8 Å². The first-order valence-corrected chi connectivity index (χ1v) is 6.31. The number of alkyl halides is 3. The summed E-state index contributed by atoms with van der Waals surface area (Å²) in [6.07, 6.45) is -3.40. The van der Waals surface area contributed by atoms with E-state index < -0.39 is 17.3 Å². The van der Waals surface area contributed by atoms with Crippen LogP contribution in [0.1, 0.15) is 11.1 Å². The van der Waals surface area contributed by atoms with Gasteiger partial charge in [0.15, 0.2) is 0 Å². The summed E-state index contributed by atoms with van der Waals surface area (Å²) in [5.74, 6) is 0.471. The summed E-state index contributed by atoms with van der Waals surface area (Å²) in [4.78, 5) is 11.7. The zero-order valence-electron chi connectivity index (χ0n) is 11.3. The highest BCUT2D eigenvalue weighted by Gasteiger charge is 2.34. The van der Waals surface area contributed by atoms with Crippen molar-refractivity contribution in [1.82, 2.24) is 4.57 Å². The molecule has 1 aromatic heterocycles. The molecule has 2 rings (SSSR count). The lowest BCUT2D eigenvalue weighted by atomic mass is 10.2. The molecule has 4 nitrogen and oxygen atoms in total. The molecule has 0 aliphatic carbocycles. The van der Waals surface area contributed by atoms with Crippen molar-refractivity contribution in [2.75, 3.05) is 6.61 Å². The highest BCUT2D eigenvalue weighted by molar-refractivity contribution is 5.34. The van der Waals surface area contributed by atoms with Crippen molar-refractivity contribution < 1.29 is 17.9 Å². The maximum absolute atomic E-state index is 12.6. The minimum atomic E-state index is -4.67. The number of hydrogen-bond donors (Lipinski definition) is 0. The van der Waals surface area contributed by atoms with Crippen LogP contribution in [0.4, 0.5) is 13.2 Å². The van der Waals surface area contributed by atoms with Crippen LogP contribution in [0.25, 0.3) is 0 Å². The molecule has 0 amide bonds. The molecule has 0 aliphatic rings. The lowest BCUT2D eigenvalue weighted by molar-refractivity contribution is -0.139. The number of ether oxygens (including phenoxy) is 1. The molecule has 0 fully saturated rings. The fourth-order valence-corrected chi connectivity index (χ4v) is 1.82. The smallest absolute Gasteiger partial charge is 0.421 e. The van der Waals surface area contributed by atoms with Crippen molar-refractivity contribution in [1.29, 1.82) is 5.26 Å². The van der Waals surface area contributed by atoms with Gasteiger partial charge in [-0.1, -0.05) is 0 Å². The summed E-state index contributed by atoms with van der Waals surface area (Å²) < 4.78 is 44.1. The maximum Gasteiger partial charge on any atom is 0.421 e. The van der Waals surface area contributed by atoms with Gasteiger partial charge in [-0.3, -0.25) is 4.79 Å². The first-order chi connectivity index (χ1) is 10.4. The number of rotatable bonds is 4. The predicted molar refractivity (Wildman–Crippen MR) is 72.4 cm³/mol. The first kappa shape index (κ1) is 15.6. The highest BCUT2D eigenvalue weighted by Crippen LogP contribution is 2.25. The Bertz CT molecular complexity index is 743. The van der Waals surface area contributed by atoms with Crippen LogP contribution in [-0.4, -0.2) is 11.2 Å². The van der Waals surface area contributed by atoms with Crippen LogP contribution in [0.3, 0.4) is 0 Å². The van der Waals surface area contributed by atoms with Crippen LogP contribution in [-0.2, 0) is 12.7 Å². The Labute approximate surface area is 124 Å². The van der Waals surface area contributed by atoms with Gasteiger partial charge in [-0.25, -0.2) is 0 Å². The molecule has 0 spiro atoms. The molecule has 0 bridgehead atoms. The summed E-state index contributed by atoms with van der Waals surface area (Å²) in [6.45, 7) is 0.0237. The fraction of sp³-hybridized carbons (Fsp3) is 0.200. The summed E-state index contributed by atoms with van der Waals surface area (Å²) in [6, 6.07) is 10.2. The number of hydrogen-bond acceptors (Lipinski definition) is 3. The second-order valence-electron chi connectivity index (χ2n) is 4.40. The van der Waals surface area contributed by atoms with Gasteiger partial charge >= 0.3 is 6.18 Å². The minimum absolute atomic E-state index is 0.0112. The number of pyridine rings is 1. The molecule has 0 atom stereocenters. The summed E-state index contributed by atoms with van der Waals surface area (Å²) in [7, 11) is 0. The molecule has 1 aromatic carbocycles. The van der Waals surface area contributed by atoms with E-state index in [4.69, 9.17) is 10.00 Å². The topological polar surface area (TPSA) is 55.0 Å². The van der Waals surface area contributed by atoms with E-state index in [-0.39, 0.29) is 13.2 Å². The van der Waals surface area contributed by atoms with Crippen LogP contribution >= 0.6 is 0 Å². The maximum atomic E-state index is 12.6. The Hall–Kier alpha value is -2.75. The van der Waals surface area contributed by atoms with Crippen molar-refractivity contribution >= 4 is 0 Å². The Kier molecular flexibility index (Phi) is 4.51. The van der Waals surface area contributed by atoms with Crippen LogP contribution in [0, 0.1) is 11.3 Å². The molecule has 0 N–H and O–H groups in total. The molecule has 114 valence electrons. The van der Waals surface area contributed by atoms with E-state index in [1.807, 2.05) is 6.07 Å². The third-order valence-electron chi connectivity index (χ3n) is 2.91. The Morgan fingerprint density at radius 2 is 1.86 bits per heavy atom. The zero-order valence-corrected chi connectivity index (χ0v) is 11.3. The van der Waals surface area contributed by atoms with Gasteiger partial charge in [0.2, 0.25) is 0 Å². The average Bonchev–Trinajstić information content (AvgIpc) is 2.48. The third kappa shape index (κ3) is 3.67. The van der Waals surface area contributed by atoms with Gasteiger partial charge in [0.1, 0.15) is 17.9 Å². The Morgan fingerprint density at radius 1 is 1.18 bits per heavy atom. The number of benzene rings is 1. The van der Waals surface area contributed by atoms with Crippen LogP contribution in [0.15, 0.2) is 47.4 Å². The second kappa shape index (κ2) is 6.35. The lowest BCUT2D eigenvalue weighted by Crippen LogP contribution is -2.29. The number of aromatic nitrogens is 1. The van der Waals surface area contributed by atoms with Crippen molar-refractivity contribution in [3.05, 3.63) is 64.1 Å². The Balaban J connectivity index is 2.03. The van der Waals surface area contributed by atoms with E-state index in [1.54, 1.807) is 24.3 Å². The molecular weight excluding hydrogens is 297 g/mol. The van der Waals surface area contributed by atoms with E-state index in [0.29, 0.717) is 11.3 Å². The molecule has 0 unspecified atom stereocenters. The lowest BCUT2D eigenvalue weighted by Gasteiger charge is -2.11. The molecular formula is C15H11F3N2O2. The Morgan fingerprint density at radius 3 is 2.45 bits per heavy atom. The quantitative estimate of drug-likeness (QED) is 0.872. The summed E-state index contributed by atoms with van der Waals surface area (Å²) in [5, 5.41) is 8.65. The van der Waals surface area contributed by atoms with E-state index in [2.05, 4.69) is 0 Å². The van der Waals surface area contributed by atoms with Crippen LogP contribution < -0.4 is 10.3 Å². The average molecular weight is 308 g/mol. The van der Waals surface area contributed by atoms with Crippen LogP contribution in [0.2, 0.25) is 0 Å². The van der Waals surface area contributed by atoms with Crippen molar-refractivity contribution in [2.24, 2.45) is 0 Å². The van der Waals surface area contributed by atoms with Gasteiger partial charge in [-0.2, -0.15) is 18.4 Å². The normalized spacial score (nSPS) is 11.0. The molecule has 0 aliphatic heterocycles. The standard InChI is InChI=1S/C15H11F3N2O2/c16-15(17,18)13-2-1-7-20(14(13)21)8-9-22-12-5-3-11(10-19)4-6-12/h1-7H,8-9H2. The van der Waals surface area contributed by atoms with Gasteiger partial charge in [0, 0.05) is 6.20 Å². The van der Waals surface area contributed by atoms with Crippen molar-refractivity contribution in [3.63, 3.8) is 0 Å². The number of nitriles is 1. The molecule has 0 saturated heterocycles. The minimum Gasteiger partial charge on any atom is -0.492 e. The SMILES string of the molecule is N#Cc1ccc(OCCn2cccc(C(F)(F)F)c2=O)cc1. The fourth-order valence-electron chi connectivity index (χ4n) is 1.82. The van der Waals surface area contributed by atoms with Gasteiger partial charge in [-0.05, 0) is 36.4 Å². The first-order valence-electron chi connectivity index (χ1n) is 6.31. The molecule has 2 aromatic rings. The molecule has 1 heterocycles. The summed E-state index contributed by atoms with van der Waals surface area (Å²) >= 11 is 0. The van der Waals surface area contributed by atoms with E-state index in [9.17, 15) is 18.0 Å². The predicted octanol–water partition coefficient (Wildman–Crippen LogP) is 2.82. The largest absolute Gasteiger partial charge is 0.492 e. The molecule has 22 heavy (non-hydrogen) atoms. The van der Waals surface area contributed by atoms with E-state index >= 15 is 0 Å². The number of halogens is 3. The molecule has 0 saturated carbocycles. The van der Waals surface area contributed by atoms with Crippen LogP contribution in [0.5, 0.6) is 5.75 Å². The van der Waals surface area contributed by atoms with Gasteiger partial charge < -0.3 is 9.30 Å². The van der Waals surface area contributed by atoms with Gasteiger partial charge in [-0.15, -0.1) is 0 Å². The highest BCUT2D eigenvalue weighted by atomic mass is 19.4. The molecule has 0 radical (unpaired) electrons. The zero-order chi connectivity index (χ0) is 16.2. The molecule has 7 heteroatoms. The van der Waals surface area contributed by atoms with Gasteiger partial charge in [0.25, 0.3) is 5.56 Å². The third-order valence-corrected chi connectivity index (χ3v) is 2.91.